The summed E-state index contributed by atoms with van der Waals surface area (Å²) in [4.78, 5) is 28.2. The number of hydrogen-bond donors (Lipinski definition) is 2. The highest BCUT2D eigenvalue weighted by Gasteiger charge is 2.28. The Kier molecular flexibility index (Phi) is 7.21. The van der Waals surface area contributed by atoms with E-state index in [2.05, 4.69) is 25.8 Å². The molecule has 0 radical (unpaired) electrons. The van der Waals surface area contributed by atoms with Crippen LogP contribution in [0.1, 0.15) is 36.4 Å². The first-order chi connectivity index (χ1) is 16.4. The molecule has 0 bridgehead atoms. The number of esters is 1. The molecule has 2 heterocycles. The van der Waals surface area contributed by atoms with E-state index in [1.807, 2.05) is 0 Å². The molecule has 2 N–H and O–H groups in total. The monoisotopic (exact) mass is 489 g/mol. The Morgan fingerprint density at radius 2 is 1.88 bits per heavy atom. The number of methoxy groups -OCH3 is 1. The molecule has 0 spiro atoms. The highest BCUT2D eigenvalue weighted by Crippen LogP contribution is 2.28. The van der Waals surface area contributed by atoms with Crippen molar-refractivity contribution in [1.82, 2.24) is 15.2 Å². The molecule has 3 aromatic rings. The van der Waals surface area contributed by atoms with Gasteiger partial charge in [0.1, 0.15) is 11.9 Å². The lowest BCUT2D eigenvalue weighted by Crippen LogP contribution is -2.28. The molecule has 2 aromatic heterocycles. The first kappa shape index (κ1) is 23.4. The van der Waals surface area contributed by atoms with Gasteiger partial charge in [0.15, 0.2) is 0 Å². The first-order valence-corrected chi connectivity index (χ1v) is 10.9. The smallest absolute Gasteiger partial charge is 0.320 e. The van der Waals surface area contributed by atoms with Crippen LogP contribution < -0.4 is 15.4 Å². The summed E-state index contributed by atoms with van der Waals surface area (Å²) in [6.07, 6.45) is 4.30. The van der Waals surface area contributed by atoms with Crippen LogP contribution in [0.25, 0.3) is 0 Å². The number of anilines is 3. The van der Waals surface area contributed by atoms with E-state index >= 15 is 0 Å². The van der Waals surface area contributed by atoms with Crippen molar-refractivity contribution in [2.45, 2.75) is 31.8 Å². The maximum Gasteiger partial charge on any atom is 0.320 e. The molecule has 0 atom stereocenters. The van der Waals surface area contributed by atoms with Crippen LogP contribution in [0, 0.1) is 11.7 Å². The highest BCUT2D eigenvalue weighted by molar-refractivity contribution is 6.31. The number of amides is 1. The van der Waals surface area contributed by atoms with E-state index in [1.54, 1.807) is 12.1 Å². The Labute approximate surface area is 198 Å². The molecule has 1 saturated carbocycles. The summed E-state index contributed by atoms with van der Waals surface area (Å²) in [5.74, 6) is -1.31. The Hall–Kier alpha value is -3.73. The zero-order valence-corrected chi connectivity index (χ0v) is 18.8. The van der Waals surface area contributed by atoms with Gasteiger partial charge in [0, 0.05) is 11.8 Å². The van der Waals surface area contributed by atoms with E-state index < -0.39 is 11.7 Å². The fraction of sp³-hybridized carbons (Fsp3) is 0.318. The third kappa shape index (κ3) is 5.79. The maximum absolute atomic E-state index is 13.3. The molecule has 0 aliphatic heterocycles. The second-order valence-electron chi connectivity index (χ2n) is 7.62. The summed E-state index contributed by atoms with van der Waals surface area (Å²) >= 11 is 5.74. The van der Waals surface area contributed by atoms with Gasteiger partial charge in [-0.1, -0.05) is 16.7 Å². The second-order valence-corrected chi connectivity index (χ2v) is 8.03. The molecule has 1 aliphatic carbocycles. The Morgan fingerprint density at radius 1 is 1.12 bits per heavy atom. The van der Waals surface area contributed by atoms with Gasteiger partial charge in [-0.2, -0.15) is 0 Å². The van der Waals surface area contributed by atoms with Crippen LogP contribution >= 0.6 is 11.6 Å². The van der Waals surface area contributed by atoms with Gasteiger partial charge in [-0.05, 0) is 49.9 Å². The minimum Gasteiger partial charge on any atom is -0.474 e. The third-order valence-corrected chi connectivity index (χ3v) is 5.57. The number of hydrogen-bond acceptors (Lipinski definition) is 9. The number of ether oxygens (including phenoxy) is 2. The van der Waals surface area contributed by atoms with Gasteiger partial charge >= 0.3 is 23.8 Å². The van der Waals surface area contributed by atoms with Crippen LogP contribution in [0.15, 0.2) is 40.9 Å². The zero-order valence-electron chi connectivity index (χ0n) is 18.1. The topological polar surface area (TPSA) is 128 Å². The van der Waals surface area contributed by atoms with Crippen LogP contribution in [0.2, 0.25) is 5.02 Å². The molecule has 12 heteroatoms. The molecule has 34 heavy (non-hydrogen) atoms. The summed E-state index contributed by atoms with van der Waals surface area (Å²) in [5.41, 5.74) is 0.824. The number of carbonyl (C=O) groups is 2. The number of nitrogens with one attached hydrogen (secondary N) is 2. The van der Waals surface area contributed by atoms with Crippen molar-refractivity contribution in [2.75, 3.05) is 17.7 Å². The van der Waals surface area contributed by atoms with Crippen LogP contribution in [0.3, 0.4) is 0 Å². The van der Waals surface area contributed by atoms with Gasteiger partial charge in [-0.25, -0.2) is 9.37 Å². The molecule has 1 aliphatic rings. The summed E-state index contributed by atoms with van der Waals surface area (Å²) in [6, 6.07) is 7.18. The van der Waals surface area contributed by atoms with Gasteiger partial charge in [0.2, 0.25) is 5.88 Å². The molecular weight excluding hydrogens is 469 g/mol. The number of nitrogens with zero attached hydrogens (tertiary/aromatic N) is 3. The van der Waals surface area contributed by atoms with E-state index in [9.17, 15) is 14.0 Å². The van der Waals surface area contributed by atoms with E-state index in [1.165, 1.54) is 31.5 Å². The van der Waals surface area contributed by atoms with Crippen molar-refractivity contribution in [3.05, 3.63) is 53.3 Å². The maximum atomic E-state index is 13.3. The van der Waals surface area contributed by atoms with Crippen LogP contribution in [-0.2, 0) is 9.53 Å². The lowest BCUT2D eigenvalue weighted by Gasteiger charge is -2.27. The van der Waals surface area contributed by atoms with Gasteiger partial charge in [-0.15, -0.1) is 5.10 Å². The van der Waals surface area contributed by atoms with Crippen molar-refractivity contribution in [3.63, 3.8) is 0 Å². The van der Waals surface area contributed by atoms with Crippen molar-refractivity contribution in [1.29, 1.82) is 0 Å². The molecule has 1 fully saturated rings. The Balaban J connectivity index is 1.28. The predicted molar refractivity (Wildman–Crippen MR) is 120 cm³/mol. The second kappa shape index (κ2) is 10.5. The molecule has 0 saturated heterocycles. The van der Waals surface area contributed by atoms with Crippen molar-refractivity contribution in [2.24, 2.45) is 5.92 Å². The normalized spacial score (nSPS) is 17.6. The molecule has 4 rings (SSSR count). The fourth-order valence-electron chi connectivity index (χ4n) is 3.53. The van der Waals surface area contributed by atoms with Gasteiger partial charge in [-0.3, -0.25) is 9.59 Å². The lowest BCUT2D eigenvalue weighted by atomic mass is 9.87. The van der Waals surface area contributed by atoms with Crippen molar-refractivity contribution in [3.8, 4) is 5.88 Å². The quantitative estimate of drug-likeness (QED) is 0.465. The number of pyridine rings is 1. The van der Waals surface area contributed by atoms with Crippen LogP contribution in [0.5, 0.6) is 5.88 Å². The summed E-state index contributed by atoms with van der Waals surface area (Å²) < 4.78 is 29.2. The van der Waals surface area contributed by atoms with Gasteiger partial charge in [0.25, 0.3) is 0 Å². The number of benzene rings is 1. The minimum atomic E-state index is -0.630. The molecule has 1 amide bonds. The fourth-order valence-corrected chi connectivity index (χ4v) is 3.71. The highest BCUT2D eigenvalue weighted by atomic mass is 35.5. The van der Waals surface area contributed by atoms with E-state index in [0.29, 0.717) is 30.1 Å². The SMILES string of the molecule is COC(=O)C1CCC(Oc2ccc(NC(=O)c3nnc(Nc4ccc(F)c(Cl)c4)o3)cn2)CC1. The molecular formula is C22H21ClFN5O5. The van der Waals surface area contributed by atoms with Crippen molar-refractivity contribution < 1.29 is 27.9 Å². The van der Waals surface area contributed by atoms with Crippen LogP contribution in [0.4, 0.5) is 21.8 Å². The molecule has 1 aromatic carbocycles. The number of halogens is 2. The van der Waals surface area contributed by atoms with E-state index in [-0.39, 0.29) is 34.9 Å². The average molecular weight is 490 g/mol. The Morgan fingerprint density at radius 3 is 2.56 bits per heavy atom. The number of carbonyl (C=O) groups excluding carboxylic acids is 2. The van der Waals surface area contributed by atoms with Crippen molar-refractivity contribution >= 4 is 40.9 Å². The third-order valence-electron chi connectivity index (χ3n) is 5.28. The predicted octanol–water partition coefficient (Wildman–Crippen LogP) is 4.36. The summed E-state index contributed by atoms with van der Waals surface area (Å²) in [7, 11) is 1.40. The Bertz CT molecular complexity index is 1160. The first-order valence-electron chi connectivity index (χ1n) is 10.5. The van der Waals surface area contributed by atoms with E-state index in [0.717, 1.165) is 12.8 Å². The standard InChI is InChI=1S/C22H21ClFN5O5/c1-32-21(31)12-2-6-15(7-3-12)33-18-9-5-14(11-25-18)26-19(30)20-28-29-22(34-20)27-13-4-8-17(24)16(23)10-13/h4-5,8-12,15H,2-3,6-7H2,1H3,(H,26,30)(H,27,29). The minimum absolute atomic E-state index is 0.0332. The molecule has 0 unspecified atom stereocenters. The number of aromatic nitrogens is 3. The molecule has 178 valence electrons. The van der Waals surface area contributed by atoms with Crippen LogP contribution in [-0.4, -0.2) is 40.3 Å². The zero-order chi connectivity index (χ0) is 24.1. The summed E-state index contributed by atoms with van der Waals surface area (Å²) in [5, 5.41) is 12.7. The van der Waals surface area contributed by atoms with Gasteiger partial charge < -0.3 is 24.5 Å². The lowest BCUT2D eigenvalue weighted by molar-refractivity contribution is -0.147. The largest absolute Gasteiger partial charge is 0.474 e. The molecule has 10 nitrogen and oxygen atoms in total. The van der Waals surface area contributed by atoms with Gasteiger partial charge in [0.05, 0.1) is 29.9 Å². The van der Waals surface area contributed by atoms with E-state index in [4.69, 9.17) is 25.5 Å². The number of rotatable bonds is 7. The average Bonchev–Trinajstić information content (AvgIpc) is 3.31. The summed E-state index contributed by atoms with van der Waals surface area (Å²) in [6.45, 7) is 0.